The first kappa shape index (κ1) is 27.0. The highest BCUT2D eigenvalue weighted by Crippen LogP contribution is 2.18. The standard InChI is InChI=1S/C27H35N3O6/c1-27(2,3)36-26(33)28-23(24(31)30-15-9-14-22(29-30)25(32)34-4)17-20-12-8-13-21(16-20)35-18-19-10-6-5-7-11-19/h5-8,10-13,16,22-23,29H,9,14-15,17-18H2,1-4H3,(H,28,33)/t22-,23-/m0/s1. The zero-order valence-corrected chi connectivity index (χ0v) is 21.3. The average Bonchev–Trinajstić information content (AvgIpc) is 2.86. The van der Waals surface area contributed by atoms with Crippen LogP contribution in [0.4, 0.5) is 4.79 Å². The lowest BCUT2D eigenvalue weighted by Gasteiger charge is -2.35. The Morgan fingerprint density at radius 2 is 1.81 bits per heavy atom. The van der Waals surface area contributed by atoms with E-state index in [1.165, 1.54) is 12.1 Å². The minimum atomic E-state index is -0.923. The Morgan fingerprint density at radius 3 is 2.50 bits per heavy atom. The molecule has 0 radical (unpaired) electrons. The molecule has 3 rings (SSSR count). The van der Waals surface area contributed by atoms with Gasteiger partial charge in [0.05, 0.1) is 7.11 Å². The molecular formula is C27H35N3O6. The highest BCUT2D eigenvalue weighted by Gasteiger charge is 2.33. The van der Waals surface area contributed by atoms with Gasteiger partial charge in [0.25, 0.3) is 5.91 Å². The first-order valence-corrected chi connectivity index (χ1v) is 12.0. The lowest BCUT2D eigenvalue weighted by atomic mass is 10.0. The van der Waals surface area contributed by atoms with Crippen molar-refractivity contribution in [3.05, 3.63) is 65.7 Å². The number of carbonyl (C=O) groups is 3. The van der Waals surface area contributed by atoms with Gasteiger partial charge in [-0.1, -0.05) is 42.5 Å². The number of hydrogen-bond donors (Lipinski definition) is 2. The van der Waals surface area contributed by atoms with Gasteiger partial charge in [0.2, 0.25) is 0 Å². The summed E-state index contributed by atoms with van der Waals surface area (Å²) < 4.78 is 16.1. The van der Waals surface area contributed by atoms with E-state index in [4.69, 9.17) is 14.2 Å². The Balaban J connectivity index is 1.74. The van der Waals surface area contributed by atoms with Gasteiger partial charge in [-0.15, -0.1) is 0 Å². The highest BCUT2D eigenvalue weighted by molar-refractivity contribution is 5.86. The Labute approximate surface area is 212 Å². The maximum absolute atomic E-state index is 13.5. The summed E-state index contributed by atoms with van der Waals surface area (Å²) in [6.45, 7) is 6.08. The number of carbonyl (C=O) groups excluding carboxylic acids is 3. The normalized spacial score (nSPS) is 16.6. The molecular weight excluding hydrogens is 462 g/mol. The number of methoxy groups -OCH3 is 1. The van der Waals surface area contributed by atoms with Crippen LogP contribution in [0.2, 0.25) is 0 Å². The molecule has 1 aliphatic heterocycles. The summed E-state index contributed by atoms with van der Waals surface area (Å²) >= 11 is 0. The largest absolute Gasteiger partial charge is 0.489 e. The molecule has 0 saturated carbocycles. The van der Waals surface area contributed by atoms with Gasteiger partial charge >= 0.3 is 12.1 Å². The quantitative estimate of drug-likeness (QED) is 0.539. The molecule has 2 N–H and O–H groups in total. The van der Waals surface area contributed by atoms with Gasteiger partial charge in [0.15, 0.2) is 0 Å². The third kappa shape index (κ3) is 8.27. The summed E-state index contributed by atoms with van der Waals surface area (Å²) in [5.74, 6) is -0.154. The Kier molecular flexibility index (Phi) is 9.30. The molecule has 1 heterocycles. The second-order valence-electron chi connectivity index (χ2n) is 9.66. The third-order valence-corrected chi connectivity index (χ3v) is 5.51. The summed E-state index contributed by atoms with van der Waals surface area (Å²) in [4.78, 5) is 38.0. The van der Waals surface area contributed by atoms with E-state index in [2.05, 4.69) is 10.7 Å². The van der Waals surface area contributed by atoms with Crippen molar-refractivity contribution in [3.8, 4) is 5.75 Å². The molecule has 0 unspecified atom stereocenters. The number of hydrazine groups is 1. The minimum Gasteiger partial charge on any atom is -0.489 e. The molecule has 2 aromatic carbocycles. The van der Waals surface area contributed by atoms with Gasteiger partial charge in [-0.3, -0.25) is 14.6 Å². The molecule has 0 bridgehead atoms. The maximum atomic E-state index is 13.5. The number of nitrogens with one attached hydrogen (secondary N) is 2. The van der Waals surface area contributed by atoms with Crippen LogP contribution < -0.4 is 15.5 Å². The first-order valence-electron chi connectivity index (χ1n) is 12.0. The van der Waals surface area contributed by atoms with Crippen LogP contribution in [0, 0.1) is 0 Å². The van der Waals surface area contributed by atoms with E-state index in [9.17, 15) is 14.4 Å². The lowest BCUT2D eigenvalue weighted by Crippen LogP contribution is -2.60. The van der Waals surface area contributed by atoms with Crippen molar-refractivity contribution in [2.45, 2.75) is 64.3 Å². The number of esters is 1. The number of ether oxygens (including phenoxy) is 3. The van der Waals surface area contributed by atoms with Crippen LogP contribution in [0.5, 0.6) is 5.75 Å². The molecule has 0 aliphatic carbocycles. The summed E-state index contributed by atoms with van der Waals surface area (Å²) in [5, 5.41) is 4.08. The van der Waals surface area contributed by atoms with Gasteiger partial charge in [-0.2, -0.15) is 0 Å². The van der Waals surface area contributed by atoms with Crippen LogP contribution >= 0.6 is 0 Å². The molecule has 9 nitrogen and oxygen atoms in total. The topological polar surface area (TPSA) is 106 Å². The molecule has 2 aromatic rings. The van der Waals surface area contributed by atoms with Crippen LogP contribution in [-0.4, -0.2) is 54.3 Å². The van der Waals surface area contributed by atoms with Crippen molar-refractivity contribution in [1.29, 1.82) is 0 Å². The summed E-state index contributed by atoms with van der Waals surface area (Å²) in [5.41, 5.74) is 4.06. The predicted octanol–water partition coefficient (Wildman–Crippen LogP) is 3.37. The van der Waals surface area contributed by atoms with Gasteiger partial charge in [0.1, 0.15) is 30.0 Å². The molecule has 2 amide bonds. The smallest absolute Gasteiger partial charge is 0.408 e. The average molecular weight is 498 g/mol. The van der Waals surface area contributed by atoms with E-state index in [1.54, 1.807) is 20.8 Å². The summed E-state index contributed by atoms with van der Waals surface area (Å²) in [6, 6.07) is 15.7. The zero-order valence-electron chi connectivity index (χ0n) is 21.3. The van der Waals surface area contributed by atoms with E-state index in [1.807, 2.05) is 54.6 Å². The van der Waals surface area contributed by atoms with Crippen molar-refractivity contribution >= 4 is 18.0 Å². The molecule has 194 valence electrons. The Bertz CT molecular complexity index is 1040. The number of benzene rings is 2. The van der Waals surface area contributed by atoms with Gasteiger partial charge < -0.3 is 19.5 Å². The summed E-state index contributed by atoms with van der Waals surface area (Å²) in [6.07, 6.45) is 0.697. The fraction of sp³-hybridized carbons (Fsp3) is 0.444. The monoisotopic (exact) mass is 497 g/mol. The van der Waals surface area contributed by atoms with Crippen LogP contribution in [-0.2, 0) is 32.1 Å². The number of amides is 2. The van der Waals surface area contributed by atoms with Crippen LogP contribution in [0.3, 0.4) is 0 Å². The number of alkyl carbamates (subject to hydrolysis) is 1. The van der Waals surface area contributed by atoms with E-state index >= 15 is 0 Å². The van der Waals surface area contributed by atoms with E-state index in [0.29, 0.717) is 31.7 Å². The zero-order chi connectivity index (χ0) is 26.1. The number of hydrogen-bond acceptors (Lipinski definition) is 7. The highest BCUT2D eigenvalue weighted by atomic mass is 16.6. The van der Waals surface area contributed by atoms with E-state index in [0.717, 1.165) is 11.1 Å². The van der Waals surface area contributed by atoms with E-state index < -0.39 is 29.7 Å². The van der Waals surface area contributed by atoms with Crippen molar-refractivity contribution < 1.29 is 28.6 Å². The minimum absolute atomic E-state index is 0.210. The molecule has 1 fully saturated rings. The van der Waals surface area contributed by atoms with Crippen LogP contribution in [0.25, 0.3) is 0 Å². The Hall–Kier alpha value is -3.59. The van der Waals surface area contributed by atoms with Crippen molar-refractivity contribution in [2.24, 2.45) is 0 Å². The molecule has 2 atom stereocenters. The van der Waals surface area contributed by atoms with E-state index in [-0.39, 0.29) is 12.3 Å². The lowest BCUT2D eigenvalue weighted by molar-refractivity contribution is -0.150. The molecule has 9 heteroatoms. The number of rotatable bonds is 8. The third-order valence-electron chi connectivity index (χ3n) is 5.51. The molecule has 1 aliphatic rings. The predicted molar refractivity (Wildman–Crippen MR) is 134 cm³/mol. The second kappa shape index (κ2) is 12.4. The van der Waals surface area contributed by atoms with Crippen LogP contribution in [0.15, 0.2) is 54.6 Å². The first-order chi connectivity index (χ1) is 17.1. The van der Waals surface area contributed by atoms with Crippen LogP contribution in [0.1, 0.15) is 44.7 Å². The Morgan fingerprint density at radius 1 is 1.08 bits per heavy atom. The molecule has 36 heavy (non-hydrogen) atoms. The SMILES string of the molecule is COC(=O)[C@@H]1CCCN(C(=O)[C@H](Cc2cccc(OCc3ccccc3)c2)NC(=O)OC(C)(C)C)N1. The fourth-order valence-corrected chi connectivity index (χ4v) is 3.83. The maximum Gasteiger partial charge on any atom is 0.408 e. The second-order valence-corrected chi connectivity index (χ2v) is 9.66. The van der Waals surface area contributed by atoms with Gasteiger partial charge in [-0.25, -0.2) is 10.2 Å². The van der Waals surface area contributed by atoms with Gasteiger partial charge in [-0.05, 0) is 56.9 Å². The molecule has 0 spiro atoms. The van der Waals surface area contributed by atoms with Gasteiger partial charge in [0, 0.05) is 13.0 Å². The van der Waals surface area contributed by atoms with Crippen molar-refractivity contribution in [2.75, 3.05) is 13.7 Å². The summed E-state index contributed by atoms with van der Waals surface area (Å²) in [7, 11) is 1.31. The fourth-order valence-electron chi connectivity index (χ4n) is 3.83. The van der Waals surface area contributed by atoms with Crippen molar-refractivity contribution in [3.63, 3.8) is 0 Å². The number of nitrogens with zero attached hydrogens (tertiary/aromatic N) is 1. The molecule has 1 saturated heterocycles. The van der Waals surface area contributed by atoms with Crippen molar-refractivity contribution in [1.82, 2.24) is 15.8 Å². The molecule has 0 aromatic heterocycles.